The summed E-state index contributed by atoms with van der Waals surface area (Å²) in [6.07, 6.45) is 1.77. The van der Waals surface area contributed by atoms with Gasteiger partial charge in [-0.15, -0.1) is 0 Å². The maximum atomic E-state index is 11.9. The number of H-pyrrole nitrogens is 1. The Balaban J connectivity index is 1.90. The van der Waals surface area contributed by atoms with E-state index in [1.54, 1.807) is 18.0 Å². The van der Waals surface area contributed by atoms with Crippen molar-refractivity contribution >= 4 is 38.7 Å². The van der Waals surface area contributed by atoms with E-state index in [2.05, 4.69) is 20.9 Å². The lowest BCUT2D eigenvalue weighted by Crippen LogP contribution is -2.50. The molecule has 1 saturated heterocycles. The first kappa shape index (κ1) is 16.0. The maximum Gasteiger partial charge on any atom is 0.325 e. The molecular weight excluding hydrogens is 362 g/mol. The van der Waals surface area contributed by atoms with Crippen molar-refractivity contribution in [3.63, 3.8) is 0 Å². The van der Waals surface area contributed by atoms with Crippen molar-refractivity contribution < 1.29 is 14.7 Å². The number of nitrogens with zero attached hydrogens (tertiary/aromatic N) is 2. The third-order valence-electron chi connectivity index (χ3n) is 4.33. The van der Waals surface area contributed by atoms with Crippen molar-refractivity contribution in [1.82, 2.24) is 14.8 Å². The highest BCUT2D eigenvalue weighted by atomic mass is 79.9. The Labute approximate surface area is 142 Å². The third kappa shape index (κ3) is 3.11. The van der Waals surface area contributed by atoms with Crippen molar-refractivity contribution in [2.45, 2.75) is 13.0 Å². The number of piperazine rings is 1. The summed E-state index contributed by atoms with van der Waals surface area (Å²) >= 11 is 3.42. The van der Waals surface area contributed by atoms with E-state index in [9.17, 15) is 14.7 Å². The number of nitrogens with one attached hydrogen (secondary N) is 1. The number of carboxylic acid groups (broad SMARTS) is 1. The molecule has 0 radical (unpaired) electrons. The summed E-state index contributed by atoms with van der Waals surface area (Å²) in [5.41, 5.74) is 1.67. The molecule has 1 aliphatic heterocycles. The van der Waals surface area contributed by atoms with Gasteiger partial charge in [-0.3, -0.25) is 14.5 Å². The van der Waals surface area contributed by atoms with Gasteiger partial charge in [-0.2, -0.15) is 0 Å². The molecule has 0 unspecified atom stereocenters. The van der Waals surface area contributed by atoms with Gasteiger partial charge in [0.2, 0.25) is 5.91 Å². The van der Waals surface area contributed by atoms with Crippen molar-refractivity contribution in [2.75, 3.05) is 26.2 Å². The monoisotopic (exact) mass is 379 g/mol. The quantitative estimate of drug-likeness (QED) is 0.856. The minimum atomic E-state index is -0.870. The van der Waals surface area contributed by atoms with Crippen molar-refractivity contribution in [1.29, 1.82) is 0 Å². The average Bonchev–Trinajstić information content (AvgIpc) is 2.90. The molecule has 3 rings (SSSR count). The molecule has 0 saturated carbocycles. The number of carbonyl (C=O) groups is 2. The standard InChI is InChI=1S/C16H18BrN3O3/c1-10(21)19-4-6-20(7-5-19)15(16(22)23)13-9-18-14-8-11(17)2-3-12(13)14/h2-3,8-9,15,18H,4-7H2,1H3,(H,22,23)/t15-/m1/s1. The number of rotatable bonds is 3. The van der Waals surface area contributed by atoms with Crippen LogP contribution in [0.1, 0.15) is 18.5 Å². The number of benzene rings is 1. The number of aliphatic carboxylic acids is 1. The molecule has 1 amide bonds. The zero-order valence-corrected chi connectivity index (χ0v) is 14.3. The van der Waals surface area contributed by atoms with E-state index in [4.69, 9.17) is 0 Å². The van der Waals surface area contributed by atoms with E-state index >= 15 is 0 Å². The normalized spacial score (nSPS) is 17.4. The highest BCUT2D eigenvalue weighted by Crippen LogP contribution is 2.31. The number of hydrogen-bond donors (Lipinski definition) is 2. The summed E-state index contributed by atoms with van der Waals surface area (Å²) in [7, 11) is 0. The van der Waals surface area contributed by atoms with E-state index in [1.807, 2.05) is 23.1 Å². The molecule has 6 nitrogen and oxygen atoms in total. The van der Waals surface area contributed by atoms with Crippen LogP contribution >= 0.6 is 15.9 Å². The Morgan fingerprint density at radius 3 is 2.57 bits per heavy atom. The Morgan fingerprint density at radius 2 is 1.96 bits per heavy atom. The summed E-state index contributed by atoms with van der Waals surface area (Å²) in [5.74, 6) is -0.835. The second kappa shape index (κ2) is 6.33. The van der Waals surface area contributed by atoms with Crippen LogP contribution < -0.4 is 0 Å². The van der Waals surface area contributed by atoms with Crippen LogP contribution in [0.4, 0.5) is 0 Å². The van der Waals surface area contributed by atoms with Crippen LogP contribution in [0.5, 0.6) is 0 Å². The second-order valence-electron chi connectivity index (χ2n) is 5.72. The number of aromatic amines is 1. The van der Waals surface area contributed by atoms with Crippen LogP contribution in [0, 0.1) is 0 Å². The Kier molecular flexibility index (Phi) is 4.41. The number of hydrogen-bond acceptors (Lipinski definition) is 3. The van der Waals surface area contributed by atoms with Gasteiger partial charge in [0.15, 0.2) is 0 Å². The molecule has 0 spiro atoms. The molecule has 0 aliphatic carbocycles. The molecule has 1 aliphatic rings. The van der Waals surface area contributed by atoms with E-state index in [0.717, 1.165) is 20.9 Å². The van der Waals surface area contributed by atoms with E-state index in [0.29, 0.717) is 26.2 Å². The average molecular weight is 380 g/mol. The van der Waals surface area contributed by atoms with Gasteiger partial charge in [-0.05, 0) is 12.1 Å². The fourth-order valence-electron chi connectivity index (χ4n) is 3.13. The molecule has 2 aromatic rings. The van der Waals surface area contributed by atoms with E-state index in [-0.39, 0.29) is 5.91 Å². The van der Waals surface area contributed by atoms with Crippen LogP contribution in [0.15, 0.2) is 28.9 Å². The Bertz CT molecular complexity index is 750. The lowest BCUT2D eigenvalue weighted by molar-refractivity contribution is -0.144. The second-order valence-corrected chi connectivity index (χ2v) is 6.63. The largest absolute Gasteiger partial charge is 0.480 e. The van der Waals surface area contributed by atoms with Crippen LogP contribution in [-0.4, -0.2) is 57.9 Å². The van der Waals surface area contributed by atoms with Crippen LogP contribution in [0.3, 0.4) is 0 Å². The Morgan fingerprint density at radius 1 is 1.26 bits per heavy atom. The lowest BCUT2D eigenvalue weighted by atomic mass is 10.0. The van der Waals surface area contributed by atoms with Gasteiger partial charge in [-0.25, -0.2) is 0 Å². The van der Waals surface area contributed by atoms with Gasteiger partial charge in [0.25, 0.3) is 0 Å². The van der Waals surface area contributed by atoms with Gasteiger partial charge in [0, 0.05) is 60.2 Å². The molecule has 2 heterocycles. The van der Waals surface area contributed by atoms with Crippen molar-refractivity contribution in [3.8, 4) is 0 Å². The summed E-state index contributed by atoms with van der Waals surface area (Å²) < 4.78 is 0.945. The number of carboxylic acids is 1. The zero-order chi connectivity index (χ0) is 16.6. The molecule has 23 heavy (non-hydrogen) atoms. The molecule has 122 valence electrons. The highest BCUT2D eigenvalue weighted by molar-refractivity contribution is 9.10. The zero-order valence-electron chi connectivity index (χ0n) is 12.8. The number of amides is 1. The smallest absolute Gasteiger partial charge is 0.325 e. The molecule has 2 N–H and O–H groups in total. The number of fused-ring (bicyclic) bond motifs is 1. The minimum Gasteiger partial charge on any atom is -0.480 e. The third-order valence-corrected chi connectivity index (χ3v) is 4.82. The van der Waals surface area contributed by atoms with Crippen molar-refractivity contribution in [2.24, 2.45) is 0 Å². The first-order valence-corrected chi connectivity index (χ1v) is 8.25. The topological polar surface area (TPSA) is 76.6 Å². The molecule has 1 fully saturated rings. The first-order chi connectivity index (χ1) is 11.0. The summed E-state index contributed by atoms with van der Waals surface area (Å²) in [6.45, 7) is 3.78. The summed E-state index contributed by atoms with van der Waals surface area (Å²) in [6, 6.07) is 5.06. The number of aromatic nitrogens is 1. The fourth-order valence-corrected chi connectivity index (χ4v) is 3.49. The molecule has 1 aromatic heterocycles. The van der Waals surface area contributed by atoms with Gasteiger partial charge in [0.05, 0.1) is 0 Å². The minimum absolute atomic E-state index is 0.0356. The predicted octanol–water partition coefficient (Wildman–Crippen LogP) is 2.22. The van der Waals surface area contributed by atoms with Crippen LogP contribution in [0.2, 0.25) is 0 Å². The molecular formula is C16H18BrN3O3. The van der Waals surface area contributed by atoms with E-state index < -0.39 is 12.0 Å². The summed E-state index contributed by atoms with van der Waals surface area (Å²) in [5, 5.41) is 10.7. The highest BCUT2D eigenvalue weighted by Gasteiger charge is 2.32. The molecule has 7 heteroatoms. The first-order valence-electron chi connectivity index (χ1n) is 7.46. The SMILES string of the molecule is CC(=O)N1CCN([C@@H](C(=O)O)c2c[nH]c3cc(Br)ccc23)CC1. The predicted molar refractivity (Wildman–Crippen MR) is 90.2 cm³/mol. The maximum absolute atomic E-state index is 11.9. The van der Waals surface area contributed by atoms with Gasteiger partial charge < -0.3 is 15.0 Å². The summed E-state index contributed by atoms with van der Waals surface area (Å²) in [4.78, 5) is 30.1. The molecule has 1 atom stereocenters. The van der Waals surface area contributed by atoms with Gasteiger partial charge in [0.1, 0.15) is 6.04 Å². The van der Waals surface area contributed by atoms with Crippen LogP contribution in [0.25, 0.3) is 10.9 Å². The number of carbonyl (C=O) groups excluding carboxylic acids is 1. The lowest BCUT2D eigenvalue weighted by Gasteiger charge is -2.37. The Hall–Kier alpha value is -1.86. The van der Waals surface area contributed by atoms with Crippen LogP contribution in [-0.2, 0) is 9.59 Å². The number of halogens is 1. The van der Waals surface area contributed by atoms with Gasteiger partial charge in [-0.1, -0.05) is 22.0 Å². The van der Waals surface area contributed by atoms with E-state index in [1.165, 1.54) is 0 Å². The molecule has 1 aromatic carbocycles. The van der Waals surface area contributed by atoms with Gasteiger partial charge >= 0.3 is 5.97 Å². The fraction of sp³-hybridized carbons (Fsp3) is 0.375. The van der Waals surface area contributed by atoms with Crippen molar-refractivity contribution in [3.05, 3.63) is 34.4 Å². The molecule has 0 bridgehead atoms.